The number of pyridine rings is 1. The Bertz CT molecular complexity index is 375. The van der Waals surface area contributed by atoms with Gasteiger partial charge in [0.2, 0.25) is 5.88 Å². The molecule has 0 unspecified atom stereocenters. The van der Waals surface area contributed by atoms with E-state index < -0.39 is 0 Å². The van der Waals surface area contributed by atoms with Crippen LogP contribution < -0.4 is 4.74 Å². The van der Waals surface area contributed by atoms with Crippen molar-refractivity contribution in [2.24, 2.45) is 0 Å². The molecule has 0 radical (unpaired) electrons. The highest BCUT2D eigenvalue weighted by molar-refractivity contribution is 9.10. The molecule has 2 rings (SSSR count). The van der Waals surface area contributed by atoms with Crippen molar-refractivity contribution < 1.29 is 4.74 Å². The predicted octanol–water partition coefficient (Wildman–Crippen LogP) is 2.25. The first-order chi connectivity index (χ1) is 9.15. The molecular weight excluding hydrogens is 306 g/mol. The molecule has 1 aliphatic heterocycles. The zero-order valence-electron chi connectivity index (χ0n) is 11.7. The zero-order chi connectivity index (χ0) is 13.7. The van der Waals surface area contributed by atoms with Crippen LogP contribution in [0.25, 0.3) is 0 Å². The van der Waals surface area contributed by atoms with Gasteiger partial charge in [-0.15, -0.1) is 0 Å². The highest BCUT2D eigenvalue weighted by atomic mass is 79.9. The Morgan fingerprint density at radius 1 is 1.26 bits per heavy atom. The van der Waals surface area contributed by atoms with Crippen molar-refractivity contribution in [2.45, 2.75) is 19.9 Å². The third-order valence-electron chi connectivity index (χ3n) is 3.49. The quantitative estimate of drug-likeness (QED) is 0.829. The first-order valence-electron chi connectivity index (χ1n) is 6.86. The van der Waals surface area contributed by atoms with E-state index in [4.69, 9.17) is 4.74 Å². The van der Waals surface area contributed by atoms with Gasteiger partial charge < -0.3 is 4.74 Å². The molecular formula is C14H22BrN3O. The molecule has 1 aromatic heterocycles. The molecule has 4 nitrogen and oxygen atoms in total. The zero-order valence-corrected chi connectivity index (χ0v) is 13.3. The SMILES string of the molecule is CC(C)N1CCN(CCOc2ccc(Br)cn2)CC1. The smallest absolute Gasteiger partial charge is 0.213 e. The molecule has 2 heterocycles. The van der Waals surface area contributed by atoms with Gasteiger partial charge in [-0.3, -0.25) is 9.80 Å². The van der Waals surface area contributed by atoms with Crippen molar-refractivity contribution in [3.05, 3.63) is 22.8 Å². The molecule has 0 N–H and O–H groups in total. The summed E-state index contributed by atoms with van der Waals surface area (Å²) in [6, 6.07) is 4.50. The number of ether oxygens (including phenoxy) is 1. The molecule has 0 atom stereocenters. The van der Waals surface area contributed by atoms with Crippen LogP contribution in [0, 0.1) is 0 Å². The fourth-order valence-corrected chi connectivity index (χ4v) is 2.46. The summed E-state index contributed by atoms with van der Waals surface area (Å²) in [5.74, 6) is 0.698. The molecule has 0 aromatic carbocycles. The monoisotopic (exact) mass is 327 g/mol. The van der Waals surface area contributed by atoms with Crippen molar-refractivity contribution in [3.8, 4) is 5.88 Å². The first kappa shape index (κ1) is 14.8. The van der Waals surface area contributed by atoms with Crippen molar-refractivity contribution >= 4 is 15.9 Å². The minimum absolute atomic E-state index is 0.658. The molecule has 19 heavy (non-hydrogen) atoms. The van der Waals surface area contributed by atoms with Gasteiger partial charge in [0.1, 0.15) is 6.61 Å². The maximum absolute atomic E-state index is 5.65. The van der Waals surface area contributed by atoms with Gasteiger partial charge in [0.05, 0.1) is 0 Å². The summed E-state index contributed by atoms with van der Waals surface area (Å²) in [4.78, 5) is 9.18. The fourth-order valence-electron chi connectivity index (χ4n) is 2.23. The number of hydrogen-bond acceptors (Lipinski definition) is 4. The van der Waals surface area contributed by atoms with E-state index in [0.29, 0.717) is 18.5 Å². The lowest BCUT2D eigenvalue weighted by molar-refractivity contribution is 0.0965. The van der Waals surface area contributed by atoms with Crippen LogP contribution in [0.5, 0.6) is 5.88 Å². The second-order valence-electron chi connectivity index (χ2n) is 5.13. The van der Waals surface area contributed by atoms with Crippen LogP contribution in [0.3, 0.4) is 0 Å². The summed E-state index contributed by atoms with van der Waals surface area (Å²) < 4.78 is 6.63. The van der Waals surface area contributed by atoms with Gasteiger partial charge >= 0.3 is 0 Å². The van der Waals surface area contributed by atoms with Gasteiger partial charge in [-0.2, -0.15) is 0 Å². The van der Waals surface area contributed by atoms with Crippen LogP contribution in [0.1, 0.15) is 13.8 Å². The van der Waals surface area contributed by atoms with Gasteiger partial charge in [0.25, 0.3) is 0 Å². The van der Waals surface area contributed by atoms with E-state index in [1.165, 1.54) is 0 Å². The van der Waals surface area contributed by atoms with Gasteiger partial charge in [-0.05, 0) is 35.8 Å². The van der Waals surface area contributed by atoms with Crippen LogP contribution in [-0.4, -0.2) is 60.2 Å². The molecule has 1 aliphatic rings. The minimum Gasteiger partial charge on any atom is -0.476 e. The molecule has 5 heteroatoms. The van der Waals surface area contributed by atoms with E-state index in [9.17, 15) is 0 Å². The molecule has 1 aromatic rings. The lowest BCUT2D eigenvalue weighted by atomic mass is 10.2. The molecule has 1 fully saturated rings. The molecule has 0 amide bonds. The van der Waals surface area contributed by atoms with Crippen LogP contribution in [-0.2, 0) is 0 Å². The number of rotatable bonds is 5. The Kier molecular flexibility index (Phi) is 5.60. The van der Waals surface area contributed by atoms with Crippen LogP contribution in [0.4, 0.5) is 0 Å². The molecule has 0 spiro atoms. The van der Waals surface area contributed by atoms with Gasteiger partial charge in [0.15, 0.2) is 0 Å². The number of aromatic nitrogens is 1. The highest BCUT2D eigenvalue weighted by Gasteiger charge is 2.18. The summed E-state index contributed by atoms with van der Waals surface area (Å²) >= 11 is 3.36. The molecule has 1 saturated heterocycles. The lowest BCUT2D eigenvalue weighted by Crippen LogP contribution is -2.49. The first-order valence-corrected chi connectivity index (χ1v) is 7.65. The number of hydrogen-bond donors (Lipinski definition) is 0. The van der Waals surface area contributed by atoms with Crippen LogP contribution in [0.15, 0.2) is 22.8 Å². The Hall–Kier alpha value is -0.650. The Morgan fingerprint density at radius 3 is 2.58 bits per heavy atom. The molecule has 106 valence electrons. The second kappa shape index (κ2) is 7.22. The normalized spacial score (nSPS) is 17.9. The average Bonchev–Trinajstić information content (AvgIpc) is 2.41. The van der Waals surface area contributed by atoms with Gasteiger partial charge in [-0.25, -0.2) is 4.98 Å². The maximum atomic E-state index is 5.65. The number of nitrogens with zero attached hydrogens (tertiary/aromatic N) is 3. The third-order valence-corrected chi connectivity index (χ3v) is 3.96. The van der Waals surface area contributed by atoms with Crippen molar-refractivity contribution in [1.29, 1.82) is 0 Å². The minimum atomic E-state index is 0.658. The Balaban J connectivity index is 1.65. The standard InChI is InChI=1S/C14H22BrN3O/c1-12(2)18-7-5-17(6-8-18)9-10-19-14-4-3-13(15)11-16-14/h3-4,11-12H,5-10H2,1-2H3. The summed E-state index contributed by atoms with van der Waals surface area (Å²) in [6.45, 7) is 10.8. The third kappa shape index (κ3) is 4.75. The molecule has 0 aliphatic carbocycles. The number of piperazine rings is 1. The average molecular weight is 328 g/mol. The van der Waals surface area contributed by atoms with E-state index in [0.717, 1.165) is 37.2 Å². The van der Waals surface area contributed by atoms with Crippen LogP contribution in [0.2, 0.25) is 0 Å². The predicted molar refractivity (Wildman–Crippen MR) is 80.6 cm³/mol. The fraction of sp³-hybridized carbons (Fsp3) is 0.643. The van der Waals surface area contributed by atoms with Crippen molar-refractivity contribution in [3.63, 3.8) is 0 Å². The van der Waals surface area contributed by atoms with E-state index in [2.05, 4.69) is 44.6 Å². The Labute approximate surface area is 123 Å². The summed E-state index contributed by atoms with van der Waals surface area (Å²) in [7, 11) is 0. The largest absolute Gasteiger partial charge is 0.476 e. The van der Waals surface area contributed by atoms with E-state index in [1.54, 1.807) is 6.20 Å². The summed E-state index contributed by atoms with van der Waals surface area (Å²) in [5, 5.41) is 0. The van der Waals surface area contributed by atoms with Gasteiger partial charge in [-0.1, -0.05) is 0 Å². The highest BCUT2D eigenvalue weighted by Crippen LogP contribution is 2.12. The van der Waals surface area contributed by atoms with Gasteiger partial charge in [0, 0.05) is 55.5 Å². The maximum Gasteiger partial charge on any atom is 0.213 e. The molecule has 0 bridgehead atoms. The van der Waals surface area contributed by atoms with Crippen molar-refractivity contribution in [1.82, 2.24) is 14.8 Å². The van der Waals surface area contributed by atoms with E-state index >= 15 is 0 Å². The van der Waals surface area contributed by atoms with E-state index in [-0.39, 0.29) is 0 Å². The molecule has 0 saturated carbocycles. The summed E-state index contributed by atoms with van der Waals surface area (Å²) in [5.41, 5.74) is 0. The topological polar surface area (TPSA) is 28.6 Å². The van der Waals surface area contributed by atoms with Crippen molar-refractivity contribution in [2.75, 3.05) is 39.3 Å². The Morgan fingerprint density at radius 2 is 2.00 bits per heavy atom. The lowest BCUT2D eigenvalue weighted by Gasteiger charge is -2.36. The van der Waals surface area contributed by atoms with E-state index in [1.807, 2.05) is 12.1 Å². The summed E-state index contributed by atoms with van der Waals surface area (Å²) in [6.07, 6.45) is 1.76. The number of halogens is 1. The van der Waals surface area contributed by atoms with Crippen LogP contribution >= 0.6 is 15.9 Å². The second-order valence-corrected chi connectivity index (χ2v) is 6.05.